The molecule has 18 heavy (non-hydrogen) atoms. The molecule has 3 nitrogen and oxygen atoms in total. The molecule has 1 atom stereocenters. The molecule has 106 valence electrons. The third-order valence-electron chi connectivity index (χ3n) is 4.47. The number of nitrogens with zero attached hydrogens (tertiary/aromatic N) is 1. The first kappa shape index (κ1) is 14.3. The molecule has 2 fully saturated rings. The third kappa shape index (κ3) is 4.87. The molecule has 0 aromatic rings. The van der Waals surface area contributed by atoms with Crippen LogP contribution in [-0.4, -0.2) is 50.8 Å². The molecular formula is C15H30N2O. The van der Waals surface area contributed by atoms with Gasteiger partial charge in [-0.1, -0.05) is 19.8 Å². The zero-order valence-corrected chi connectivity index (χ0v) is 12.0. The smallest absolute Gasteiger partial charge is 0.0507 e. The predicted octanol–water partition coefficient (Wildman–Crippen LogP) is 2.12. The van der Waals surface area contributed by atoms with Crippen molar-refractivity contribution < 1.29 is 4.74 Å². The molecule has 1 N–H and O–H groups in total. The Morgan fingerprint density at radius 3 is 2.67 bits per heavy atom. The Labute approximate surface area is 112 Å². The SMILES string of the molecule is CCCC1CCN(CCNCC2CCOC2)CC1. The first-order valence-corrected chi connectivity index (χ1v) is 7.89. The zero-order chi connectivity index (χ0) is 12.6. The minimum Gasteiger partial charge on any atom is -0.381 e. The fourth-order valence-electron chi connectivity index (χ4n) is 3.19. The van der Waals surface area contributed by atoms with E-state index in [1.807, 2.05) is 0 Å². The fourth-order valence-corrected chi connectivity index (χ4v) is 3.19. The van der Waals surface area contributed by atoms with E-state index in [4.69, 9.17) is 4.74 Å². The Morgan fingerprint density at radius 2 is 2.00 bits per heavy atom. The Bertz CT molecular complexity index is 209. The van der Waals surface area contributed by atoms with Gasteiger partial charge in [0.2, 0.25) is 0 Å². The molecule has 2 aliphatic heterocycles. The third-order valence-corrected chi connectivity index (χ3v) is 4.47. The fraction of sp³-hybridized carbons (Fsp3) is 1.00. The number of rotatable bonds is 7. The number of piperidine rings is 1. The van der Waals surface area contributed by atoms with Crippen LogP contribution in [0.1, 0.15) is 39.0 Å². The molecular weight excluding hydrogens is 224 g/mol. The predicted molar refractivity (Wildman–Crippen MR) is 75.9 cm³/mol. The summed E-state index contributed by atoms with van der Waals surface area (Å²) in [6, 6.07) is 0. The van der Waals surface area contributed by atoms with Gasteiger partial charge in [0.15, 0.2) is 0 Å². The monoisotopic (exact) mass is 254 g/mol. The van der Waals surface area contributed by atoms with Crippen molar-refractivity contribution in [2.45, 2.75) is 39.0 Å². The molecule has 1 unspecified atom stereocenters. The molecule has 2 rings (SSSR count). The first-order chi connectivity index (χ1) is 8.88. The van der Waals surface area contributed by atoms with Crippen molar-refractivity contribution in [3.05, 3.63) is 0 Å². The molecule has 2 heterocycles. The average molecular weight is 254 g/mol. The molecule has 0 aromatic carbocycles. The van der Waals surface area contributed by atoms with Gasteiger partial charge in [0.25, 0.3) is 0 Å². The van der Waals surface area contributed by atoms with Gasteiger partial charge in [-0.3, -0.25) is 0 Å². The highest BCUT2D eigenvalue weighted by molar-refractivity contribution is 4.73. The van der Waals surface area contributed by atoms with E-state index in [1.165, 1.54) is 51.7 Å². The van der Waals surface area contributed by atoms with E-state index in [2.05, 4.69) is 17.1 Å². The van der Waals surface area contributed by atoms with Gasteiger partial charge in [0, 0.05) is 26.2 Å². The van der Waals surface area contributed by atoms with Gasteiger partial charge in [0.1, 0.15) is 0 Å². The standard InChI is InChI=1S/C15H30N2O/c1-2-3-14-4-8-17(9-5-14)10-7-16-12-15-6-11-18-13-15/h14-16H,2-13H2,1H3. The summed E-state index contributed by atoms with van der Waals surface area (Å²) in [7, 11) is 0. The highest BCUT2D eigenvalue weighted by Gasteiger charge is 2.18. The van der Waals surface area contributed by atoms with Crippen molar-refractivity contribution in [2.75, 3.05) is 45.9 Å². The Hall–Kier alpha value is -0.120. The van der Waals surface area contributed by atoms with E-state index in [9.17, 15) is 0 Å². The Morgan fingerprint density at radius 1 is 1.17 bits per heavy atom. The summed E-state index contributed by atoms with van der Waals surface area (Å²) < 4.78 is 5.39. The summed E-state index contributed by atoms with van der Waals surface area (Å²) in [4.78, 5) is 2.63. The second-order valence-electron chi connectivity index (χ2n) is 6.01. The maximum Gasteiger partial charge on any atom is 0.0507 e. The van der Waals surface area contributed by atoms with Gasteiger partial charge >= 0.3 is 0 Å². The molecule has 3 heteroatoms. The molecule has 0 aromatic heterocycles. The van der Waals surface area contributed by atoms with Crippen LogP contribution in [-0.2, 0) is 4.74 Å². The van der Waals surface area contributed by atoms with Crippen molar-refractivity contribution in [1.82, 2.24) is 10.2 Å². The molecule has 2 aliphatic rings. The van der Waals surface area contributed by atoms with Crippen LogP contribution in [0.2, 0.25) is 0 Å². The van der Waals surface area contributed by atoms with Crippen LogP contribution in [0.3, 0.4) is 0 Å². The van der Waals surface area contributed by atoms with E-state index < -0.39 is 0 Å². The summed E-state index contributed by atoms with van der Waals surface area (Å²) in [5.74, 6) is 1.77. The van der Waals surface area contributed by atoms with E-state index >= 15 is 0 Å². The highest BCUT2D eigenvalue weighted by Crippen LogP contribution is 2.21. The lowest BCUT2D eigenvalue weighted by Crippen LogP contribution is -2.39. The van der Waals surface area contributed by atoms with E-state index in [0.29, 0.717) is 0 Å². The largest absolute Gasteiger partial charge is 0.381 e. The molecule has 0 saturated carbocycles. The van der Waals surface area contributed by atoms with Crippen molar-refractivity contribution in [3.63, 3.8) is 0 Å². The summed E-state index contributed by atoms with van der Waals surface area (Å²) in [6.45, 7) is 10.4. The number of ether oxygens (including phenoxy) is 1. The maximum atomic E-state index is 5.39. The van der Waals surface area contributed by atoms with Gasteiger partial charge in [-0.15, -0.1) is 0 Å². The van der Waals surface area contributed by atoms with Crippen molar-refractivity contribution in [1.29, 1.82) is 0 Å². The molecule has 2 saturated heterocycles. The number of hydrogen-bond acceptors (Lipinski definition) is 3. The van der Waals surface area contributed by atoms with E-state index in [0.717, 1.165) is 38.1 Å². The van der Waals surface area contributed by atoms with Crippen molar-refractivity contribution in [3.8, 4) is 0 Å². The minimum absolute atomic E-state index is 0.764. The lowest BCUT2D eigenvalue weighted by molar-refractivity contribution is 0.175. The zero-order valence-electron chi connectivity index (χ0n) is 12.0. The van der Waals surface area contributed by atoms with Gasteiger partial charge in [-0.25, -0.2) is 0 Å². The van der Waals surface area contributed by atoms with Gasteiger partial charge in [0.05, 0.1) is 6.61 Å². The molecule has 0 bridgehead atoms. The van der Waals surface area contributed by atoms with Crippen LogP contribution < -0.4 is 5.32 Å². The van der Waals surface area contributed by atoms with Crippen LogP contribution in [0.4, 0.5) is 0 Å². The summed E-state index contributed by atoms with van der Waals surface area (Å²) in [6.07, 6.45) is 6.88. The van der Waals surface area contributed by atoms with Crippen molar-refractivity contribution in [2.24, 2.45) is 11.8 Å². The van der Waals surface area contributed by atoms with Crippen LogP contribution in [0.5, 0.6) is 0 Å². The topological polar surface area (TPSA) is 24.5 Å². The van der Waals surface area contributed by atoms with Crippen LogP contribution in [0.25, 0.3) is 0 Å². The van der Waals surface area contributed by atoms with Gasteiger partial charge in [-0.2, -0.15) is 0 Å². The minimum atomic E-state index is 0.764. The number of likely N-dealkylation sites (tertiary alicyclic amines) is 1. The lowest BCUT2D eigenvalue weighted by Gasteiger charge is -2.31. The summed E-state index contributed by atoms with van der Waals surface area (Å²) in [5.41, 5.74) is 0. The number of hydrogen-bond donors (Lipinski definition) is 1. The van der Waals surface area contributed by atoms with Crippen LogP contribution in [0.15, 0.2) is 0 Å². The van der Waals surface area contributed by atoms with Gasteiger partial charge < -0.3 is 15.0 Å². The lowest BCUT2D eigenvalue weighted by atomic mass is 9.92. The first-order valence-electron chi connectivity index (χ1n) is 7.89. The summed E-state index contributed by atoms with van der Waals surface area (Å²) >= 11 is 0. The second-order valence-corrected chi connectivity index (χ2v) is 6.01. The summed E-state index contributed by atoms with van der Waals surface area (Å²) in [5, 5.41) is 3.59. The van der Waals surface area contributed by atoms with Crippen LogP contribution >= 0.6 is 0 Å². The molecule has 0 aliphatic carbocycles. The van der Waals surface area contributed by atoms with E-state index in [-0.39, 0.29) is 0 Å². The molecule has 0 amide bonds. The normalized spacial score (nSPS) is 26.8. The highest BCUT2D eigenvalue weighted by atomic mass is 16.5. The van der Waals surface area contributed by atoms with Crippen LogP contribution in [0, 0.1) is 11.8 Å². The Balaban J connectivity index is 1.47. The average Bonchev–Trinajstić information content (AvgIpc) is 2.90. The Kier molecular flexibility index (Phi) is 6.46. The molecule has 0 spiro atoms. The molecule has 0 radical (unpaired) electrons. The van der Waals surface area contributed by atoms with Gasteiger partial charge in [-0.05, 0) is 44.2 Å². The number of nitrogens with one attached hydrogen (secondary N) is 1. The van der Waals surface area contributed by atoms with E-state index in [1.54, 1.807) is 0 Å². The maximum absolute atomic E-state index is 5.39. The van der Waals surface area contributed by atoms with Crippen molar-refractivity contribution >= 4 is 0 Å². The second kappa shape index (κ2) is 8.13. The quantitative estimate of drug-likeness (QED) is 0.704.